The van der Waals surface area contributed by atoms with E-state index in [1.807, 2.05) is 0 Å². The maximum absolute atomic E-state index is 13.7. The van der Waals surface area contributed by atoms with Crippen LogP contribution >= 0.6 is 0 Å². The molecule has 6 nitrogen and oxygen atoms in total. The molecule has 0 unspecified atom stereocenters. The second kappa shape index (κ2) is 9.14. The van der Waals surface area contributed by atoms with Gasteiger partial charge in [-0.15, -0.1) is 13.2 Å². The molecule has 0 aliphatic heterocycles. The molecule has 0 aliphatic carbocycles. The number of nitrogens with one attached hydrogen (secondary N) is 1. The van der Waals surface area contributed by atoms with Gasteiger partial charge in [0, 0.05) is 11.1 Å². The average Bonchev–Trinajstić information content (AvgIpc) is 2.72. The van der Waals surface area contributed by atoms with E-state index in [0.717, 1.165) is 12.1 Å². The minimum atomic E-state index is -4.83. The number of carbonyl (C=O) groups excluding carboxylic acids is 1. The average molecular weight is 463 g/mol. The number of aliphatic hydroxyl groups is 1. The second-order valence-corrected chi connectivity index (χ2v) is 7.89. The number of rotatable bonds is 6. The third-order valence-electron chi connectivity index (χ3n) is 4.83. The highest BCUT2D eigenvalue weighted by Gasteiger charge is 2.31. The summed E-state index contributed by atoms with van der Waals surface area (Å²) in [5.74, 6) is -1.51. The van der Waals surface area contributed by atoms with E-state index in [1.54, 1.807) is 13.0 Å². The van der Waals surface area contributed by atoms with Crippen LogP contribution in [-0.4, -0.2) is 39.0 Å². The molecular weight excluding hydrogens is 442 g/mol. The Bertz CT molecular complexity index is 1140. The van der Waals surface area contributed by atoms with Gasteiger partial charge in [0.15, 0.2) is 5.82 Å². The van der Waals surface area contributed by atoms with Crippen LogP contribution in [0.4, 0.5) is 17.6 Å². The second-order valence-electron chi connectivity index (χ2n) is 7.89. The molecule has 0 saturated carbocycles. The van der Waals surface area contributed by atoms with E-state index in [-0.39, 0.29) is 17.2 Å². The number of hydrogen-bond donors (Lipinski definition) is 2. The highest BCUT2D eigenvalue weighted by atomic mass is 19.4. The van der Waals surface area contributed by atoms with E-state index in [0.29, 0.717) is 11.1 Å². The van der Waals surface area contributed by atoms with Crippen LogP contribution in [0.1, 0.15) is 31.3 Å². The number of hydrogen-bond acceptors (Lipinski definition) is 5. The molecular formula is C23H21F4N3O3. The number of amides is 1. The Morgan fingerprint density at radius 2 is 1.70 bits per heavy atom. The fraction of sp³-hybridized carbons (Fsp3) is 0.261. The van der Waals surface area contributed by atoms with Crippen LogP contribution in [0.3, 0.4) is 0 Å². The normalized spacial score (nSPS) is 12.8. The molecule has 0 radical (unpaired) electrons. The van der Waals surface area contributed by atoms with Crippen molar-refractivity contribution in [2.75, 3.05) is 0 Å². The summed E-state index contributed by atoms with van der Waals surface area (Å²) in [6.07, 6.45) is -4.83. The lowest BCUT2D eigenvalue weighted by atomic mass is 10.0. The van der Waals surface area contributed by atoms with E-state index in [4.69, 9.17) is 0 Å². The lowest BCUT2D eigenvalue weighted by Gasteiger charge is -2.26. The SMILES string of the molecule is C[C@H](NC(=O)c1cc(-c2ccc(OC(F)(F)F)cc2)nc(-c2cccc(F)c2)n1)C(C)(C)O. The molecule has 2 aromatic carbocycles. The zero-order chi connectivity index (χ0) is 24.4. The van der Waals surface area contributed by atoms with Gasteiger partial charge in [-0.3, -0.25) is 4.79 Å². The topological polar surface area (TPSA) is 84.3 Å². The fourth-order valence-corrected chi connectivity index (χ4v) is 2.74. The van der Waals surface area contributed by atoms with Crippen LogP contribution in [0.15, 0.2) is 54.6 Å². The summed E-state index contributed by atoms with van der Waals surface area (Å²) < 4.78 is 54.9. The van der Waals surface area contributed by atoms with Crippen molar-refractivity contribution in [3.05, 3.63) is 66.1 Å². The van der Waals surface area contributed by atoms with Crippen LogP contribution < -0.4 is 10.1 Å². The van der Waals surface area contributed by atoms with Crippen LogP contribution in [0, 0.1) is 5.82 Å². The molecule has 3 rings (SSSR count). The van der Waals surface area contributed by atoms with Crippen LogP contribution in [0.2, 0.25) is 0 Å². The van der Waals surface area contributed by atoms with Gasteiger partial charge in [-0.05, 0) is 63.2 Å². The van der Waals surface area contributed by atoms with E-state index in [9.17, 15) is 27.5 Å². The number of carbonyl (C=O) groups is 1. The molecule has 33 heavy (non-hydrogen) atoms. The third kappa shape index (κ3) is 6.48. The Morgan fingerprint density at radius 1 is 1.03 bits per heavy atom. The monoisotopic (exact) mass is 463 g/mol. The Labute approximate surface area is 187 Å². The summed E-state index contributed by atoms with van der Waals surface area (Å²) in [5, 5.41) is 12.7. The summed E-state index contributed by atoms with van der Waals surface area (Å²) in [6, 6.07) is 11.1. The predicted octanol–water partition coefficient (Wildman–Crippen LogP) is 4.74. The summed E-state index contributed by atoms with van der Waals surface area (Å²) in [4.78, 5) is 21.4. The molecule has 10 heteroatoms. The quantitative estimate of drug-likeness (QED) is 0.516. The minimum Gasteiger partial charge on any atom is -0.406 e. The molecule has 1 amide bonds. The standard InChI is InChI=1S/C23H21F4N3O3/c1-13(22(2,3)32)28-21(31)19-12-18(14-7-9-17(10-8-14)33-23(25,26)27)29-20(30-19)15-5-4-6-16(24)11-15/h4-13,32H,1-3H3,(H,28,31)/t13-/m0/s1. The first-order valence-corrected chi connectivity index (χ1v) is 9.86. The molecule has 174 valence electrons. The summed E-state index contributed by atoms with van der Waals surface area (Å²) in [5.41, 5.74) is -0.354. The molecule has 0 fully saturated rings. The van der Waals surface area contributed by atoms with Gasteiger partial charge in [0.25, 0.3) is 5.91 Å². The largest absolute Gasteiger partial charge is 0.573 e. The first kappa shape index (κ1) is 24.1. The van der Waals surface area contributed by atoms with Crippen molar-refractivity contribution in [3.63, 3.8) is 0 Å². The van der Waals surface area contributed by atoms with E-state index in [2.05, 4.69) is 20.0 Å². The molecule has 0 spiro atoms. The highest BCUT2D eigenvalue weighted by Crippen LogP contribution is 2.27. The molecule has 0 saturated heterocycles. The molecule has 1 heterocycles. The zero-order valence-electron chi connectivity index (χ0n) is 17.9. The molecule has 1 aromatic heterocycles. The molecule has 1 atom stereocenters. The zero-order valence-corrected chi connectivity index (χ0v) is 17.9. The van der Waals surface area contributed by atoms with E-state index < -0.39 is 35.5 Å². The van der Waals surface area contributed by atoms with Crippen molar-refractivity contribution in [2.24, 2.45) is 0 Å². The Hall–Kier alpha value is -3.53. The maximum Gasteiger partial charge on any atom is 0.573 e. The van der Waals surface area contributed by atoms with Crippen molar-refractivity contribution in [1.29, 1.82) is 0 Å². The lowest BCUT2D eigenvalue weighted by Crippen LogP contribution is -2.47. The third-order valence-corrected chi connectivity index (χ3v) is 4.83. The fourth-order valence-electron chi connectivity index (χ4n) is 2.74. The van der Waals surface area contributed by atoms with Crippen molar-refractivity contribution in [2.45, 2.75) is 38.8 Å². The Morgan fingerprint density at radius 3 is 2.27 bits per heavy atom. The van der Waals surface area contributed by atoms with Gasteiger partial charge in [0.2, 0.25) is 0 Å². The van der Waals surface area contributed by atoms with Crippen LogP contribution in [-0.2, 0) is 0 Å². The first-order chi connectivity index (χ1) is 15.3. The maximum atomic E-state index is 13.7. The van der Waals surface area contributed by atoms with Crippen molar-refractivity contribution >= 4 is 5.91 Å². The molecule has 3 aromatic rings. The van der Waals surface area contributed by atoms with Gasteiger partial charge < -0.3 is 15.2 Å². The van der Waals surface area contributed by atoms with Crippen LogP contribution in [0.5, 0.6) is 5.75 Å². The van der Waals surface area contributed by atoms with E-state index >= 15 is 0 Å². The van der Waals surface area contributed by atoms with Crippen molar-refractivity contribution in [3.8, 4) is 28.4 Å². The molecule has 0 aliphatic rings. The number of alkyl halides is 3. The number of benzene rings is 2. The molecule has 0 bridgehead atoms. The van der Waals surface area contributed by atoms with Gasteiger partial charge in [-0.25, -0.2) is 14.4 Å². The summed E-state index contributed by atoms with van der Waals surface area (Å²) >= 11 is 0. The summed E-state index contributed by atoms with van der Waals surface area (Å²) in [6.45, 7) is 4.69. The number of nitrogens with zero attached hydrogens (tertiary/aromatic N) is 2. The highest BCUT2D eigenvalue weighted by molar-refractivity contribution is 5.94. The van der Waals surface area contributed by atoms with Crippen molar-refractivity contribution < 1.29 is 32.2 Å². The van der Waals surface area contributed by atoms with Gasteiger partial charge in [-0.1, -0.05) is 12.1 Å². The van der Waals surface area contributed by atoms with Gasteiger partial charge >= 0.3 is 6.36 Å². The van der Waals surface area contributed by atoms with Crippen molar-refractivity contribution in [1.82, 2.24) is 15.3 Å². The number of ether oxygens (including phenoxy) is 1. The number of halogens is 4. The lowest BCUT2D eigenvalue weighted by molar-refractivity contribution is -0.274. The smallest absolute Gasteiger partial charge is 0.406 e. The van der Waals surface area contributed by atoms with E-state index in [1.165, 1.54) is 50.2 Å². The van der Waals surface area contributed by atoms with Gasteiger partial charge in [0.1, 0.15) is 17.3 Å². The van der Waals surface area contributed by atoms with Crippen LogP contribution in [0.25, 0.3) is 22.6 Å². The molecule has 2 N–H and O–H groups in total. The minimum absolute atomic E-state index is 0.0451. The van der Waals surface area contributed by atoms with Gasteiger partial charge in [-0.2, -0.15) is 0 Å². The Kier molecular flexibility index (Phi) is 6.68. The first-order valence-electron chi connectivity index (χ1n) is 9.86. The van der Waals surface area contributed by atoms with Gasteiger partial charge in [0.05, 0.1) is 17.3 Å². The summed E-state index contributed by atoms with van der Waals surface area (Å²) in [7, 11) is 0. The predicted molar refractivity (Wildman–Crippen MR) is 113 cm³/mol. The number of aromatic nitrogens is 2. The Balaban J connectivity index is 2.03.